The van der Waals surface area contributed by atoms with Crippen molar-refractivity contribution in [3.8, 4) is 6.07 Å². The number of hydrogen-bond acceptors (Lipinski definition) is 1. The fourth-order valence-electron chi connectivity index (χ4n) is 0.874. The fraction of sp³-hybridized carbons (Fsp3) is 0.125. The van der Waals surface area contributed by atoms with E-state index < -0.39 is 11.7 Å². The third-order valence-electron chi connectivity index (χ3n) is 1.49. The van der Waals surface area contributed by atoms with Gasteiger partial charge in [0.05, 0.1) is 17.2 Å². The zero-order chi connectivity index (χ0) is 10.9. The molecule has 6 heteroatoms. The topological polar surface area (TPSA) is 23.8 Å². The van der Waals surface area contributed by atoms with Gasteiger partial charge in [-0.1, -0.05) is 0 Å². The Kier molecular flexibility index (Phi) is 3.42. The van der Waals surface area contributed by atoms with E-state index in [1.54, 1.807) is 0 Å². The first-order valence-corrected chi connectivity index (χ1v) is 5.19. The largest absolute Gasteiger partial charge is 0.417 e. The van der Waals surface area contributed by atoms with Crippen molar-refractivity contribution < 1.29 is 13.2 Å². The summed E-state index contributed by atoms with van der Waals surface area (Å²) in [6.45, 7) is 0. The van der Waals surface area contributed by atoms with Gasteiger partial charge in [-0.15, -0.1) is 0 Å². The molecule has 0 aromatic heterocycles. The Morgan fingerprint density at radius 2 is 1.93 bits per heavy atom. The molecule has 0 radical (unpaired) electrons. The summed E-state index contributed by atoms with van der Waals surface area (Å²) in [7, 11) is 0. The number of halogens is 5. The van der Waals surface area contributed by atoms with Gasteiger partial charge in [-0.2, -0.15) is 18.4 Å². The van der Waals surface area contributed by atoms with Crippen LogP contribution >= 0.6 is 38.5 Å². The summed E-state index contributed by atoms with van der Waals surface area (Å²) in [6, 6.07) is 3.64. The Morgan fingerprint density at radius 1 is 1.36 bits per heavy atom. The molecule has 1 aromatic carbocycles. The molecule has 0 heterocycles. The van der Waals surface area contributed by atoms with Crippen LogP contribution in [0.3, 0.4) is 0 Å². The van der Waals surface area contributed by atoms with Crippen molar-refractivity contribution in [1.29, 1.82) is 5.26 Å². The molecule has 1 aromatic rings. The van der Waals surface area contributed by atoms with Crippen molar-refractivity contribution in [2.75, 3.05) is 0 Å². The zero-order valence-corrected chi connectivity index (χ0v) is 10.2. The minimum atomic E-state index is -4.49. The predicted molar refractivity (Wildman–Crippen MR) is 56.6 cm³/mol. The highest BCUT2D eigenvalue weighted by molar-refractivity contribution is 14.1. The highest BCUT2D eigenvalue weighted by Gasteiger charge is 2.34. The van der Waals surface area contributed by atoms with Crippen LogP contribution in [0.2, 0.25) is 0 Å². The summed E-state index contributed by atoms with van der Waals surface area (Å²) in [5.74, 6) is 0. The second-order valence-corrected chi connectivity index (χ2v) is 4.44. The van der Waals surface area contributed by atoms with Crippen LogP contribution in [0.25, 0.3) is 0 Å². The van der Waals surface area contributed by atoms with Crippen LogP contribution in [0.1, 0.15) is 11.1 Å². The third kappa shape index (κ3) is 2.39. The molecule has 1 rings (SSSR count). The Morgan fingerprint density at radius 3 is 2.36 bits per heavy atom. The molecule has 0 N–H and O–H groups in total. The highest BCUT2D eigenvalue weighted by atomic mass is 127. The number of alkyl halides is 3. The quantitative estimate of drug-likeness (QED) is 0.630. The molecule has 0 aliphatic heterocycles. The predicted octanol–water partition coefficient (Wildman–Crippen LogP) is 3.94. The van der Waals surface area contributed by atoms with Crippen molar-refractivity contribution in [3.05, 3.63) is 31.3 Å². The zero-order valence-electron chi connectivity index (χ0n) is 6.49. The van der Waals surface area contributed by atoms with Gasteiger partial charge in [0.15, 0.2) is 0 Å². The van der Waals surface area contributed by atoms with Gasteiger partial charge in [-0.3, -0.25) is 0 Å². The molecule has 0 bridgehead atoms. The molecule has 0 amide bonds. The average molecular weight is 376 g/mol. The van der Waals surface area contributed by atoms with Gasteiger partial charge in [0.1, 0.15) is 0 Å². The molecule has 0 fully saturated rings. The van der Waals surface area contributed by atoms with E-state index in [2.05, 4.69) is 15.9 Å². The van der Waals surface area contributed by atoms with Crippen molar-refractivity contribution in [3.63, 3.8) is 0 Å². The SMILES string of the molecule is N#Cc1cc(I)c(Br)cc1C(F)(F)F. The molecule has 0 spiro atoms. The van der Waals surface area contributed by atoms with Gasteiger partial charge >= 0.3 is 6.18 Å². The molecular weight excluding hydrogens is 374 g/mol. The fourth-order valence-corrected chi connectivity index (χ4v) is 1.68. The second-order valence-electron chi connectivity index (χ2n) is 2.42. The van der Waals surface area contributed by atoms with E-state index in [0.29, 0.717) is 8.04 Å². The van der Waals surface area contributed by atoms with E-state index in [9.17, 15) is 13.2 Å². The lowest BCUT2D eigenvalue weighted by atomic mass is 10.1. The summed E-state index contributed by atoms with van der Waals surface area (Å²) in [4.78, 5) is 0. The van der Waals surface area contributed by atoms with Crippen molar-refractivity contribution in [2.45, 2.75) is 6.18 Å². The normalized spacial score (nSPS) is 11.1. The van der Waals surface area contributed by atoms with Gasteiger partial charge in [-0.05, 0) is 50.7 Å². The van der Waals surface area contributed by atoms with Gasteiger partial charge in [0, 0.05) is 8.04 Å². The summed E-state index contributed by atoms with van der Waals surface area (Å²) in [5, 5.41) is 8.53. The van der Waals surface area contributed by atoms with Crippen molar-refractivity contribution >= 4 is 38.5 Å². The standard InChI is InChI=1S/C8H2BrF3IN/c9-6-2-5(8(10,11)12)4(3-14)1-7(6)13/h1-2H. The molecule has 0 aliphatic carbocycles. The maximum Gasteiger partial charge on any atom is 0.417 e. The molecule has 14 heavy (non-hydrogen) atoms. The van der Waals surface area contributed by atoms with E-state index in [-0.39, 0.29) is 5.56 Å². The van der Waals surface area contributed by atoms with Crippen LogP contribution < -0.4 is 0 Å². The summed E-state index contributed by atoms with van der Waals surface area (Å²) in [5.41, 5.74) is -1.27. The van der Waals surface area contributed by atoms with Crippen LogP contribution in [-0.4, -0.2) is 0 Å². The van der Waals surface area contributed by atoms with Crippen LogP contribution in [-0.2, 0) is 6.18 Å². The maximum atomic E-state index is 12.4. The van der Waals surface area contributed by atoms with Gasteiger partial charge in [-0.25, -0.2) is 0 Å². The molecule has 0 atom stereocenters. The Bertz CT molecular complexity index is 408. The highest BCUT2D eigenvalue weighted by Crippen LogP contribution is 2.35. The smallest absolute Gasteiger partial charge is 0.192 e. The first-order chi connectivity index (χ1) is 6.36. The summed E-state index contributed by atoms with van der Waals surface area (Å²) in [6.07, 6.45) is -4.49. The van der Waals surface area contributed by atoms with E-state index >= 15 is 0 Å². The van der Waals surface area contributed by atoms with E-state index in [4.69, 9.17) is 5.26 Å². The lowest BCUT2D eigenvalue weighted by molar-refractivity contribution is -0.137. The minimum absolute atomic E-state index is 0.337. The molecular formula is C8H2BrF3IN. The molecule has 74 valence electrons. The molecule has 1 nitrogen and oxygen atoms in total. The lowest BCUT2D eigenvalue weighted by Gasteiger charge is -2.09. The third-order valence-corrected chi connectivity index (χ3v) is 3.78. The van der Waals surface area contributed by atoms with Crippen molar-refractivity contribution in [2.24, 2.45) is 0 Å². The van der Waals surface area contributed by atoms with E-state index in [1.165, 1.54) is 12.1 Å². The number of hydrogen-bond donors (Lipinski definition) is 0. The van der Waals surface area contributed by atoms with Crippen molar-refractivity contribution in [1.82, 2.24) is 0 Å². The van der Waals surface area contributed by atoms with Gasteiger partial charge in [0.2, 0.25) is 0 Å². The number of nitrogens with zero attached hydrogens (tertiary/aromatic N) is 1. The molecule has 0 unspecified atom stereocenters. The number of benzene rings is 1. The van der Waals surface area contributed by atoms with E-state index in [0.717, 1.165) is 6.07 Å². The monoisotopic (exact) mass is 375 g/mol. The first kappa shape index (κ1) is 11.8. The van der Waals surface area contributed by atoms with Crippen LogP contribution in [0.4, 0.5) is 13.2 Å². The average Bonchev–Trinajstić information content (AvgIpc) is 2.07. The first-order valence-electron chi connectivity index (χ1n) is 3.32. The Labute approximate surface area is 100 Å². The second kappa shape index (κ2) is 4.06. The number of nitriles is 1. The van der Waals surface area contributed by atoms with Crippen LogP contribution in [0, 0.1) is 14.9 Å². The summed E-state index contributed by atoms with van der Waals surface area (Å²) < 4.78 is 38.0. The molecule has 0 saturated heterocycles. The maximum absolute atomic E-state index is 12.4. The summed E-state index contributed by atoms with van der Waals surface area (Å²) >= 11 is 4.84. The number of rotatable bonds is 0. The minimum Gasteiger partial charge on any atom is -0.192 e. The Hall–Kier alpha value is -0.290. The van der Waals surface area contributed by atoms with Gasteiger partial charge in [0.25, 0.3) is 0 Å². The Balaban J connectivity index is 3.45. The molecule has 0 saturated carbocycles. The van der Waals surface area contributed by atoms with Gasteiger partial charge < -0.3 is 0 Å². The molecule has 0 aliphatic rings. The van der Waals surface area contributed by atoms with Crippen LogP contribution in [0.15, 0.2) is 16.6 Å². The van der Waals surface area contributed by atoms with Crippen LogP contribution in [0.5, 0.6) is 0 Å². The lowest BCUT2D eigenvalue weighted by Crippen LogP contribution is -2.08. The van der Waals surface area contributed by atoms with E-state index in [1.807, 2.05) is 22.6 Å².